The summed E-state index contributed by atoms with van der Waals surface area (Å²) >= 11 is 0. The van der Waals surface area contributed by atoms with E-state index in [9.17, 15) is 14.7 Å². The first kappa shape index (κ1) is 22.6. The molecule has 168 valence electrons. The van der Waals surface area contributed by atoms with Crippen LogP contribution in [0, 0.1) is 0 Å². The molecule has 1 aromatic rings. The summed E-state index contributed by atoms with van der Waals surface area (Å²) in [4.78, 5) is 29.4. The lowest BCUT2D eigenvalue weighted by Crippen LogP contribution is -2.52. The molecule has 2 amide bonds. The van der Waals surface area contributed by atoms with Crippen LogP contribution in [-0.2, 0) is 16.5 Å². The second-order valence-electron chi connectivity index (χ2n) is 9.31. The Balaban J connectivity index is 1.79. The number of morpholine rings is 1. The van der Waals surface area contributed by atoms with E-state index in [1.54, 1.807) is 27.7 Å². The highest BCUT2D eigenvalue weighted by atomic mass is 16.6. The molecule has 3 heterocycles. The number of piperidine rings is 1. The zero-order valence-corrected chi connectivity index (χ0v) is 18.6. The minimum absolute atomic E-state index is 0.0311. The molecule has 0 unspecified atom stereocenters. The summed E-state index contributed by atoms with van der Waals surface area (Å²) in [5.74, 6) is -0.141. The Hall–Kier alpha value is -2.13. The number of aliphatic hydroxyl groups excluding tert-OH is 1. The summed E-state index contributed by atoms with van der Waals surface area (Å²) in [5, 5.41) is 14.0. The fourth-order valence-electron chi connectivity index (χ4n) is 4.03. The number of carbonyl (C=O) groups is 2. The Morgan fingerprint density at radius 2 is 2.07 bits per heavy atom. The number of aliphatic hydroxyl groups is 1. The van der Waals surface area contributed by atoms with E-state index in [1.165, 1.54) is 0 Å². The Labute approximate surface area is 177 Å². The number of nitrogens with zero attached hydrogens (tertiary/aromatic N) is 4. The zero-order valence-electron chi connectivity index (χ0n) is 18.6. The van der Waals surface area contributed by atoms with E-state index in [1.807, 2.05) is 27.7 Å². The molecular weight excluding hydrogens is 388 g/mol. The van der Waals surface area contributed by atoms with E-state index in [0.717, 1.165) is 18.5 Å². The Bertz CT molecular complexity index is 772. The highest BCUT2D eigenvalue weighted by Crippen LogP contribution is 2.30. The molecule has 2 saturated heterocycles. The number of ether oxygens (including phenoxy) is 2. The summed E-state index contributed by atoms with van der Waals surface area (Å²) in [5.41, 5.74) is 0.722. The van der Waals surface area contributed by atoms with Crippen LogP contribution in [0.15, 0.2) is 6.20 Å². The van der Waals surface area contributed by atoms with Gasteiger partial charge in [0.1, 0.15) is 5.60 Å². The monoisotopic (exact) mass is 422 g/mol. The lowest BCUT2D eigenvalue weighted by molar-refractivity contribution is -0.0667. The second kappa shape index (κ2) is 8.93. The zero-order chi connectivity index (χ0) is 22.1. The minimum Gasteiger partial charge on any atom is -0.444 e. The lowest BCUT2D eigenvalue weighted by atomic mass is 9.92. The van der Waals surface area contributed by atoms with Crippen molar-refractivity contribution in [2.24, 2.45) is 7.05 Å². The molecule has 2 aliphatic rings. The van der Waals surface area contributed by atoms with Gasteiger partial charge in [-0.25, -0.2) is 4.79 Å². The van der Waals surface area contributed by atoms with Crippen LogP contribution in [0.3, 0.4) is 0 Å². The van der Waals surface area contributed by atoms with Crippen LogP contribution in [0.1, 0.15) is 62.5 Å². The second-order valence-corrected chi connectivity index (χ2v) is 9.31. The molecule has 3 rings (SSSR count). The number of hydrogen-bond donors (Lipinski definition) is 1. The van der Waals surface area contributed by atoms with Crippen molar-refractivity contribution in [3.8, 4) is 0 Å². The van der Waals surface area contributed by atoms with Crippen LogP contribution >= 0.6 is 0 Å². The third-order valence-electron chi connectivity index (χ3n) is 5.52. The first-order chi connectivity index (χ1) is 14.1. The van der Waals surface area contributed by atoms with E-state index in [0.29, 0.717) is 31.8 Å². The van der Waals surface area contributed by atoms with Crippen molar-refractivity contribution in [2.45, 2.75) is 64.2 Å². The third kappa shape index (κ3) is 5.13. The predicted octanol–water partition coefficient (Wildman–Crippen LogP) is 1.76. The number of hydrogen-bond acceptors (Lipinski definition) is 6. The molecular formula is C21H34N4O5. The van der Waals surface area contributed by atoms with Gasteiger partial charge in [-0.2, -0.15) is 5.10 Å². The first-order valence-corrected chi connectivity index (χ1v) is 10.6. The molecule has 0 aromatic carbocycles. The minimum atomic E-state index is -0.550. The van der Waals surface area contributed by atoms with Gasteiger partial charge in [-0.1, -0.05) is 0 Å². The average Bonchev–Trinajstić information content (AvgIpc) is 3.08. The molecule has 0 radical (unpaired) electrons. The lowest BCUT2D eigenvalue weighted by Gasteiger charge is -2.38. The smallest absolute Gasteiger partial charge is 0.410 e. The van der Waals surface area contributed by atoms with Gasteiger partial charge in [0.2, 0.25) is 0 Å². The van der Waals surface area contributed by atoms with Crippen molar-refractivity contribution in [3.63, 3.8) is 0 Å². The van der Waals surface area contributed by atoms with Crippen LogP contribution < -0.4 is 0 Å². The maximum atomic E-state index is 13.4. The summed E-state index contributed by atoms with van der Waals surface area (Å²) in [6.07, 6.45) is 2.73. The molecule has 3 atom stereocenters. The number of likely N-dealkylation sites (tertiary alicyclic amines) is 1. The molecule has 9 nitrogen and oxygen atoms in total. The van der Waals surface area contributed by atoms with E-state index in [2.05, 4.69) is 5.10 Å². The number of amides is 2. The van der Waals surface area contributed by atoms with Crippen molar-refractivity contribution < 1.29 is 24.2 Å². The highest BCUT2D eigenvalue weighted by Gasteiger charge is 2.35. The van der Waals surface area contributed by atoms with Gasteiger partial charge in [0.15, 0.2) is 0 Å². The fraction of sp³-hybridized carbons (Fsp3) is 0.762. The topological polar surface area (TPSA) is 97.1 Å². The predicted molar refractivity (Wildman–Crippen MR) is 110 cm³/mol. The number of rotatable bonds is 3. The van der Waals surface area contributed by atoms with Crippen LogP contribution in [-0.4, -0.2) is 87.3 Å². The Kier molecular flexibility index (Phi) is 6.71. The molecule has 9 heteroatoms. The van der Waals surface area contributed by atoms with Gasteiger partial charge < -0.3 is 24.4 Å². The van der Waals surface area contributed by atoms with E-state index >= 15 is 0 Å². The van der Waals surface area contributed by atoms with Crippen molar-refractivity contribution in [1.29, 1.82) is 0 Å². The molecule has 0 spiro atoms. The van der Waals surface area contributed by atoms with Gasteiger partial charge in [0.05, 0.1) is 36.6 Å². The van der Waals surface area contributed by atoms with Crippen LogP contribution in [0.25, 0.3) is 0 Å². The Morgan fingerprint density at radius 1 is 1.33 bits per heavy atom. The third-order valence-corrected chi connectivity index (χ3v) is 5.52. The van der Waals surface area contributed by atoms with E-state index < -0.39 is 5.60 Å². The quantitative estimate of drug-likeness (QED) is 0.797. The number of aryl methyl sites for hydroxylation is 1. The first-order valence-electron chi connectivity index (χ1n) is 10.6. The average molecular weight is 423 g/mol. The molecule has 0 aliphatic carbocycles. The molecule has 1 aromatic heterocycles. The molecule has 2 aliphatic heterocycles. The highest BCUT2D eigenvalue weighted by molar-refractivity contribution is 5.95. The van der Waals surface area contributed by atoms with Crippen LogP contribution in [0.5, 0.6) is 0 Å². The van der Waals surface area contributed by atoms with Gasteiger partial charge in [-0.15, -0.1) is 0 Å². The summed E-state index contributed by atoms with van der Waals surface area (Å²) in [6, 6.07) is -0.0852. The van der Waals surface area contributed by atoms with Crippen molar-refractivity contribution in [1.82, 2.24) is 19.6 Å². The Morgan fingerprint density at radius 3 is 2.73 bits per heavy atom. The standard InChI is InChI=1S/C21H34N4O5/c1-14-13-29-16(12-26)10-25(14)19(27)17-11-23(5)22-18(17)15-7-6-8-24(9-15)20(28)30-21(2,3)4/h11,14-16,26H,6-10,12-13H2,1-5H3/t14-,15+,16+/m1/s1. The van der Waals surface area contributed by atoms with Crippen LogP contribution in [0.2, 0.25) is 0 Å². The SMILES string of the molecule is C[C@@H]1CO[C@H](CO)CN1C(=O)c1cn(C)nc1[C@H]1CCCN(C(=O)OC(C)(C)C)C1. The van der Waals surface area contributed by atoms with Gasteiger partial charge in [0, 0.05) is 38.8 Å². The van der Waals surface area contributed by atoms with Gasteiger partial charge in [-0.3, -0.25) is 9.48 Å². The fourth-order valence-corrected chi connectivity index (χ4v) is 4.03. The van der Waals surface area contributed by atoms with Crippen molar-refractivity contribution in [3.05, 3.63) is 17.5 Å². The van der Waals surface area contributed by atoms with Crippen molar-refractivity contribution in [2.75, 3.05) is 32.8 Å². The number of carbonyl (C=O) groups excluding carboxylic acids is 2. The molecule has 2 fully saturated rings. The molecule has 0 bridgehead atoms. The van der Waals surface area contributed by atoms with E-state index in [4.69, 9.17) is 9.47 Å². The number of aromatic nitrogens is 2. The maximum absolute atomic E-state index is 13.4. The van der Waals surface area contributed by atoms with Gasteiger partial charge in [-0.05, 0) is 40.5 Å². The summed E-state index contributed by atoms with van der Waals surface area (Å²) in [7, 11) is 1.80. The summed E-state index contributed by atoms with van der Waals surface area (Å²) in [6.45, 7) is 9.23. The molecule has 30 heavy (non-hydrogen) atoms. The largest absolute Gasteiger partial charge is 0.444 e. The van der Waals surface area contributed by atoms with Crippen LogP contribution in [0.4, 0.5) is 4.79 Å². The normalized spacial score (nSPS) is 25.3. The van der Waals surface area contributed by atoms with E-state index in [-0.39, 0.29) is 36.7 Å². The molecule has 1 N–H and O–H groups in total. The molecule has 0 saturated carbocycles. The maximum Gasteiger partial charge on any atom is 0.410 e. The van der Waals surface area contributed by atoms with Gasteiger partial charge in [0.25, 0.3) is 5.91 Å². The van der Waals surface area contributed by atoms with Gasteiger partial charge >= 0.3 is 6.09 Å². The van der Waals surface area contributed by atoms with Crippen molar-refractivity contribution >= 4 is 12.0 Å². The summed E-state index contributed by atoms with van der Waals surface area (Å²) < 4.78 is 12.7.